The van der Waals surface area contributed by atoms with Gasteiger partial charge in [0.15, 0.2) is 0 Å². The minimum atomic E-state index is -0.265. The van der Waals surface area contributed by atoms with Gasteiger partial charge in [-0.3, -0.25) is 4.79 Å². The zero-order chi connectivity index (χ0) is 16.8. The summed E-state index contributed by atoms with van der Waals surface area (Å²) in [5.41, 5.74) is 2.69. The maximum absolute atomic E-state index is 12.1. The zero-order valence-electron chi connectivity index (χ0n) is 13.3. The van der Waals surface area contributed by atoms with E-state index in [1.165, 1.54) is 0 Å². The molecule has 1 aromatic heterocycles. The Kier molecular flexibility index (Phi) is 5.90. The summed E-state index contributed by atoms with van der Waals surface area (Å²) in [4.78, 5) is 20.7. The number of carbonyl (C=O) groups excluding carboxylic acids is 1. The second-order valence-electron chi connectivity index (χ2n) is 5.00. The molecule has 122 valence electrons. The molecule has 1 amide bonds. The number of carbonyl (C=O) groups is 1. The molecule has 0 aliphatic heterocycles. The van der Waals surface area contributed by atoms with E-state index >= 15 is 0 Å². The Labute approximate surface area is 140 Å². The molecule has 0 saturated carbocycles. The zero-order valence-corrected chi connectivity index (χ0v) is 14.1. The smallest absolute Gasteiger partial charge is 0.270 e. The Morgan fingerprint density at radius 3 is 2.83 bits per heavy atom. The molecule has 2 N–H and O–H groups in total. The van der Waals surface area contributed by atoms with E-state index in [1.807, 2.05) is 32.0 Å². The van der Waals surface area contributed by atoms with Gasteiger partial charge in [-0.2, -0.15) is 0 Å². The van der Waals surface area contributed by atoms with Crippen LogP contribution in [0.15, 0.2) is 24.3 Å². The lowest BCUT2D eigenvalue weighted by Crippen LogP contribution is -2.28. The number of hydrogen-bond donors (Lipinski definition) is 2. The van der Waals surface area contributed by atoms with Crippen molar-refractivity contribution in [2.45, 2.75) is 13.8 Å². The normalized spacial score (nSPS) is 10.4. The van der Waals surface area contributed by atoms with Gasteiger partial charge in [-0.15, -0.1) is 0 Å². The lowest BCUT2D eigenvalue weighted by atomic mass is 10.2. The van der Waals surface area contributed by atoms with Crippen LogP contribution in [0.3, 0.4) is 0 Å². The van der Waals surface area contributed by atoms with Gasteiger partial charge in [0.25, 0.3) is 5.91 Å². The number of anilines is 2. The Hall–Kier alpha value is -2.18. The number of benzene rings is 1. The SMILES string of the molecule is COCCNC(=O)c1cc(C)nc(Nc2cccc(Cl)c2C)n1. The molecule has 0 saturated heterocycles. The molecule has 0 radical (unpaired) electrons. The average molecular weight is 335 g/mol. The third-order valence-electron chi connectivity index (χ3n) is 3.19. The lowest BCUT2D eigenvalue weighted by Gasteiger charge is -2.11. The third-order valence-corrected chi connectivity index (χ3v) is 3.60. The predicted octanol–water partition coefficient (Wildman–Crippen LogP) is 2.87. The van der Waals surface area contributed by atoms with Crippen LogP contribution in [0.5, 0.6) is 0 Å². The van der Waals surface area contributed by atoms with E-state index < -0.39 is 0 Å². The molecule has 0 fully saturated rings. The van der Waals surface area contributed by atoms with E-state index in [0.29, 0.717) is 35.5 Å². The number of nitrogens with one attached hydrogen (secondary N) is 2. The second-order valence-corrected chi connectivity index (χ2v) is 5.41. The Bertz CT molecular complexity index is 706. The van der Waals surface area contributed by atoms with Gasteiger partial charge in [0.1, 0.15) is 5.69 Å². The average Bonchev–Trinajstić information content (AvgIpc) is 2.51. The van der Waals surface area contributed by atoms with Crippen LogP contribution in [0.4, 0.5) is 11.6 Å². The number of methoxy groups -OCH3 is 1. The summed E-state index contributed by atoms with van der Waals surface area (Å²) >= 11 is 6.11. The van der Waals surface area contributed by atoms with E-state index in [9.17, 15) is 4.79 Å². The van der Waals surface area contributed by atoms with Crippen molar-refractivity contribution in [2.75, 3.05) is 25.6 Å². The number of aromatic nitrogens is 2. The van der Waals surface area contributed by atoms with Crippen molar-refractivity contribution >= 4 is 29.1 Å². The van der Waals surface area contributed by atoms with E-state index in [0.717, 1.165) is 11.3 Å². The topological polar surface area (TPSA) is 76.1 Å². The number of halogens is 1. The van der Waals surface area contributed by atoms with Gasteiger partial charge in [-0.05, 0) is 37.6 Å². The molecule has 0 atom stereocenters. The van der Waals surface area contributed by atoms with E-state index in [4.69, 9.17) is 16.3 Å². The van der Waals surface area contributed by atoms with E-state index in [1.54, 1.807) is 13.2 Å². The molecule has 0 bridgehead atoms. The number of hydrogen-bond acceptors (Lipinski definition) is 5. The van der Waals surface area contributed by atoms with Crippen molar-refractivity contribution in [3.63, 3.8) is 0 Å². The first-order valence-electron chi connectivity index (χ1n) is 7.16. The molecule has 1 aromatic carbocycles. The van der Waals surface area contributed by atoms with Crippen molar-refractivity contribution in [3.8, 4) is 0 Å². The van der Waals surface area contributed by atoms with Crippen LogP contribution >= 0.6 is 11.6 Å². The molecule has 2 aromatic rings. The fraction of sp³-hybridized carbons (Fsp3) is 0.312. The van der Waals surface area contributed by atoms with Gasteiger partial charge in [0, 0.05) is 30.1 Å². The van der Waals surface area contributed by atoms with E-state index in [2.05, 4.69) is 20.6 Å². The van der Waals surface area contributed by atoms with Crippen LogP contribution in [0, 0.1) is 13.8 Å². The lowest BCUT2D eigenvalue weighted by molar-refractivity contribution is 0.0932. The standard InChI is InChI=1S/C16H19ClN4O2/c1-10-9-14(15(22)18-7-8-23-3)21-16(19-10)20-13-6-4-5-12(17)11(13)2/h4-6,9H,7-8H2,1-3H3,(H,18,22)(H,19,20,21). The molecule has 0 spiro atoms. The molecule has 0 aliphatic rings. The highest BCUT2D eigenvalue weighted by Gasteiger charge is 2.11. The quantitative estimate of drug-likeness (QED) is 0.794. The molecule has 0 unspecified atom stereocenters. The van der Waals surface area contributed by atoms with Crippen LogP contribution in [0.2, 0.25) is 5.02 Å². The maximum Gasteiger partial charge on any atom is 0.270 e. The fourth-order valence-electron chi connectivity index (χ4n) is 1.96. The third kappa shape index (κ3) is 4.64. The number of ether oxygens (including phenoxy) is 1. The van der Waals surface area contributed by atoms with E-state index in [-0.39, 0.29) is 5.91 Å². The summed E-state index contributed by atoms with van der Waals surface area (Å²) in [5, 5.41) is 6.49. The molecule has 2 rings (SSSR count). The Balaban J connectivity index is 2.20. The largest absolute Gasteiger partial charge is 0.383 e. The first kappa shape index (κ1) is 17.2. The van der Waals surface area contributed by atoms with Crippen molar-refractivity contribution in [1.82, 2.24) is 15.3 Å². The summed E-state index contributed by atoms with van der Waals surface area (Å²) < 4.78 is 4.91. The molecule has 6 nitrogen and oxygen atoms in total. The Morgan fingerprint density at radius 1 is 1.30 bits per heavy atom. The van der Waals surface area contributed by atoms with Crippen LogP contribution in [0.25, 0.3) is 0 Å². The molecular weight excluding hydrogens is 316 g/mol. The number of amides is 1. The number of aryl methyl sites for hydroxylation is 1. The van der Waals surface area contributed by atoms with Gasteiger partial charge in [-0.25, -0.2) is 9.97 Å². The monoisotopic (exact) mass is 334 g/mol. The molecular formula is C16H19ClN4O2. The summed E-state index contributed by atoms with van der Waals surface area (Å²) in [6.45, 7) is 4.58. The highest BCUT2D eigenvalue weighted by Crippen LogP contribution is 2.25. The number of rotatable bonds is 6. The second kappa shape index (κ2) is 7.89. The van der Waals surface area contributed by atoms with Crippen LogP contribution in [-0.2, 0) is 4.74 Å². The molecule has 7 heteroatoms. The fourth-order valence-corrected chi connectivity index (χ4v) is 2.14. The first-order chi connectivity index (χ1) is 11.0. The summed E-state index contributed by atoms with van der Waals surface area (Å²) in [6, 6.07) is 7.17. The molecule has 23 heavy (non-hydrogen) atoms. The summed E-state index contributed by atoms with van der Waals surface area (Å²) in [5.74, 6) is 0.0886. The van der Waals surface area contributed by atoms with Gasteiger partial charge in [-0.1, -0.05) is 17.7 Å². The first-order valence-corrected chi connectivity index (χ1v) is 7.54. The van der Waals surface area contributed by atoms with Gasteiger partial charge < -0.3 is 15.4 Å². The van der Waals surface area contributed by atoms with Crippen LogP contribution in [0.1, 0.15) is 21.7 Å². The van der Waals surface area contributed by atoms with Crippen molar-refractivity contribution in [1.29, 1.82) is 0 Å². The molecule has 1 heterocycles. The van der Waals surface area contributed by atoms with Crippen LogP contribution in [-0.4, -0.2) is 36.1 Å². The van der Waals surface area contributed by atoms with Crippen molar-refractivity contribution in [2.24, 2.45) is 0 Å². The minimum Gasteiger partial charge on any atom is -0.383 e. The van der Waals surface area contributed by atoms with Gasteiger partial charge in [0.2, 0.25) is 5.95 Å². The Morgan fingerprint density at radius 2 is 2.09 bits per heavy atom. The highest BCUT2D eigenvalue weighted by molar-refractivity contribution is 6.31. The predicted molar refractivity (Wildman–Crippen MR) is 90.4 cm³/mol. The number of nitrogens with zero attached hydrogens (tertiary/aromatic N) is 2. The van der Waals surface area contributed by atoms with Crippen molar-refractivity contribution in [3.05, 3.63) is 46.2 Å². The summed E-state index contributed by atoms with van der Waals surface area (Å²) in [6.07, 6.45) is 0. The van der Waals surface area contributed by atoms with Gasteiger partial charge >= 0.3 is 0 Å². The highest BCUT2D eigenvalue weighted by atomic mass is 35.5. The molecule has 0 aliphatic carbocycles. The van der Waals surface area contributed by atoms with Crippen LogP contribution < -0.4 is 10.6 Å². The van der Waals surface area contributed by atoms with Crippen molar-refractivity contribution < 1.29 is 9.53 Å². The maximum atomic E-state index is 12.1. The minimum absolute atomic E-state index is 0.265. The summed E-state index contributed by atoms with van der Waals surface area (Å²) in [7, 11) is 1.58. The van der Waals surface area contributed by atoms with Gasteiger partial charge in [0.05, 0.1) is 6.61 Å².